The smallest absolute Gasteiger partial charge is 0.269 e. The minimum absolute atomic E-state index is 0.00452. The summed E-state index contributed by atoms with van der Waals surface area (Å²) in [5.41, 5.74) is 0.937. The lowest BCUT2D eigenvalue weighted by molar-refractivity contribution is -0.384. The Balaban J connectivity index is 1.82. The molecule has 0 radical (unpaired) electrons. The summed E-state index contributed by atoms with van der Waals surface area (Å²) < 4.78 is 2.98. The van der Waals surface area contributed by atoms with E-state index in [-0.39, 0.29) is 23.7 Å². The van der Waals surface area contributed by atoms with Crippen LogP contribution in [-0.2, 0) is 17.9 Å². The predicted octanol–water partition coefficient (Wildman–Crippen LogP) is 0.686. The van der Waals surface area contributed by atoms with Crippen LogP contribution in [-0.4, -0.2) is 36.7 Å². The van der Waals surface area contributed by atoms with Crippen molar-refractivity contribution in [1.82, 2.24) is 24.6 Å². The average Bonchev–Trinajstić information content (AvgIpc) is 3.01. The number of nitrogens with one attached hydrogen (secondary N) is 1. The first-order valence-corrected chi connectivity index (χ1v) is 7.84. The second-order valence-electron chi connectivity index (χ2n) is 5.69. The van der Waals surface area contributed by atoms with E-state index < -0.39 is 4.92 Å². The lowest BCUT2D eigenvalue weighted by Crippen LogP contribution is -2.25. The van der Waals surface area contributed by atoms with E-state index >= 15 is 0 Å². The molecule has 0 aliphatic carbocycles. The minimum Gasteiger partial charge on any atom is -0.354 e. The van der Waals surface area contributed by atoms with Crippen molar-refractivity contribution in [3.05, 3.63) is 62.8 Å². The fourth-order valence-corrected chi connectivity index (χ4v) is 2.53. The van der Waals surface area contributed by atoms with Gasteiger partial charge in [-0.1, -0.05) is 12.1 Å². The molecule has 2 heterocycles. The first kappa shape index (κ1) is 17.3. The van der Waals surface area contributed by atoms with Crippen molar-refractivity contribution in [2.24, 2.45) is 0 Å². The van der Waals surface area contributed by atoms with Gasteiger partial charge in [0.25, 0.3) is 11.2 Å². The van der Waals surface area contributed by atoms with Crippen LogP contribution in [0.1, 0.15) is 12.5 Å². The number of fused-ring (bicyclic) bond motifs is 1. The Kier molecular flexibility index (Phi) is 4.74. The molecule has 26 heavy (non-hydrogen) atoms. The molecular weight excluding hydrogens is 340 g/mol. The maximum atomic E-state index is 12.6. The molecule has 0 aliphatic rings. The van der Waals surface area contributed by atoms with E-state index in [9.17, 15) is 19.7 Å². The number of amides is 1. The molecule has 3 aromatic rings. The van der Waals surface area contributed by atoms with Crippen LogP contribution in [0.2, 0.25) is 0 Å². The molecule has 0 bridgehead atoms. The largest absolute Gasteiger partial charge is 0.354 e. The molecular formula is C16H16N6O4. The van der Waals surface area contributed by atoms with Crippen LogP contribution >= 0.6 is 0 Å². The van der Waals surface area contributed by atoms with E-state index in [0.717, 1.165) is 5.56 Å². The summed E-state index contributed by atoms with van der Waals surface area (Å²) in [6.07, 6.45) is 2.87. The molecule has 10 nitrogen and oxygen atoms in total. The molecule has 0 saturated heterocycles. The van der Waals surface area contributed by atoms with Gasteiger partial charge in [-0.2, -0.15) is 5.10 Å². The molecule has 1 aromatic carbocycles. The maximum absolute atomic E-state index is 12.6. The summed E-state index contributed by atoms with van der Waals surface area (Å²) >= 11 is 0. The van der Waals surface area contributed by atoms with E-state index in [4.69, 9.17) is 0 Å². The average molecular weight is 356 g/mol. The number of non-ortho nitro benzene ring substituents is 1. The summed E-state index contributed by atoms with van der Waals surface area (Å²) in [5, 5.41) is 17.9. The van der Waals surface area contributed by atoms with Crippen LogP contribution < -0.4 is 10.9 Å². The monoisotopic (exact) mass is 356 g/mol. The molecule has 0 aliphatic heterocycles. The Hall–Kier alpha value is -3.56. The topological polar surface area (TPSA) is 125 Å². The van der Waals surface area contributed by atoms with Crippen LogP contribution in [0.25, 0.3) is 11.0 Å². The van der Waals surface area contributed by atoms with Gasteiger partial charge in [-0.15, -0.1) is 0 Å². The van der Waals surface area contributed by atoms with Crippen LogP contribution in [0.4, 0.5) is 5.69 Å². The fraction of sp³-hybridized carbons (Fsp3) is 0.250. The Morgan fingerprint density at radius 2 is 2.04 bits per heavy atom. The van der Waals surface area contributed by atoms with Crippen LogP contribution in [0, 0.1) is 10.1 Å². The van der Waals surface area contributed by atoms with Gasteiger partial charge in [-0.3, -0.25) is 24.3 Å². The van der Waals surface area contributed by atoms with Crippen molar-refractivity contribution in [2.75, 3.05) is 6.54 Å². The van der Waals surface area contributed by atoms with Gasteiger partial charge in [0.15, 0.2) is 5.65 Å². The van der Waals surface area contributed by atoms with E-state index in [1.54, 1.807) is 16.8 Å². The summed E-state index contributed by atoms with van der Waals surface area (Å²) in [6, 6.07) is 6.00. The standard InChI is InChI=1S/C16H16N6O4/c1-11(23)17-6-7-21-15-14(8-19-21)16(24)20(10-18-15)9-12-2-4-13(5-3-12)22(25)26/h2-5,8,10H,6-7,9H2,1H3,(H,17,23). The number of benzene rings is 1. The molecule has 134 valence electrons. The number of nitro groups is 1. The number of rotatable bonds is 6. The minimum atomic E-state index is -0.473. The van der Waals surface area contributed by atoms with Gasteiger partial charge >= 0.3 is 0 Å². The summed E-state index contributed by atoms with van der Waals surface area (Å²) in [6.45, 7) is 2.47. The number of hydrogen-bond donors (Lipinski definition) is 1. The quantitative estimate of drug-likeness (QED) is 0.511. The normalized spacial score (nSPS) is 10.8. The molecule has 10 heteroatoms. The van der Waals surface area contributed by atoms with E-state index in [0.29, 0.717) is 24.1 Å². The van der Waals surface area contributed by atoms with Crippen LogP contribution in [0.3, 0.4) is 0 Å². The van der Waals surface area contributed by atoms with E-state index in [2.05, 4.69) is 15.4 Å². The number of nitro benzene ring substituents is 1. The molecule has 0 fully saturated rings. The van der Waals surface area contributed by atoms with Crippen molar-refractivity contribution < 1.29 is 9.72 Å². The van der Waals surface area contributed by atoms with Crippen LogP contribution in [0.15, 0.2) is 41.6 Å². The zero-order valence-corrected chi connectivity index (χ0v) is 14.0. The van der Waals surface area contributed by atoms with Gasteiger partial charge in [0.05, 0.1) is 24.2 Å². The molecule has 3 rings (SSSR count). The number of carbonyl (C=O) groups excluding carboxylic acids is 1. The highest BCUT2D eigenvalue weighted by Crippen LogP contribution is 2.13. The van der Waals surface area contributed by atoms with Crippen molar-refractivity contribution in [1.29, 1.82) is 0 Å². The second kappa shape index (κ2) is 7.13. The van der Waals surface area contributed by atoms with Gasteiger partial charge < -0.3 is 5.32 Å². The zero-order valence-electron chi connectivity index (χ0n) is 14.0. The first-order valence-electron chi connectivity index (χ1n) is 7.84. The molecule has 2 aromatic heterocycles. The number of aromatic nitrogens is 4. The van der Waals surface area contributed by atoms with Crippen molar-refractivity contribution in [2.45, 2.75) is 20.0 Å². The second-order valence-corrected chi connectivity index (χ2v) is 5.69. The third-order valence-corrected chi connectivity index (χ3v) is 3.82. The van der Waals surface area contributed by atoms with E-state index in [1.165, 1.54) is 36.1 Å². The predicted molar refractivity (Wildman–Crippen MR) is 92.7 cm³/mol. The molecule has 0 saturated carbocycles. The zero-order chi connectivity index (χ0) is 18.7. The van der Waals surface area contributed by atoms with Gasteiger partial charge in [-0.05, 0) is 5.56 Å². The van der Waals surface area contributed by atoms with Gasteiger partial charge in [0.2, 0.25) is 5.91 Å². The number of carbonyl (C=O) groups is 1. The lowest BCUT2D eigenvalue weighted by Gasteiger charge is -2.07. The highest BCUT2D eigenvalue weighted by molar-refractivity contribution is 5.73. The highest BCUT2D eigenvalue weighted by Gasteiger charge is 2.11. The third-order valence-electron chi connectivity index (χ3n) is 3.82. The van der Waals surface area contributed by atoms with Crippen molar-refractivity contribution in [3.8, 4) is 0 Å². The number of hydrogen-bond acceptors (Lipinski definition) is 6. The van der Waals surface area contributed by atoms with Gasteiger partial charge in [0, 0.05) is 25.6 Å². The first-order chi connectivity index (χ1) is 12.5. The fourth-order valence-electron chi connectivity index (χ4n) is 2.53. The summed E-state index contributed by atoms with van der Waals surface area (Å²) in [7, 11) is 0. The molecule has 1 N–H and O–H groups in total. The lowest BCUT2D eigenvalue weighted by atomic mass is 10.2. The Labute approximate surface area is 147 Å². The maximum Gasteiger partial charge on any atom is 0.269 e. The van der Waals surface area contributed by atoms with Crippen LogP contribution in [0.5, 0.6) is 0 Å². The summed E-state index contributed by atoms with van der Waals surface area (Å²) in [5.74, 6) is -0.139. The van der Waals surface area contributed by atoms with Gasteiger partial charge in [-0.25, -0.2) is 9.67 Å². The van der Waals surface area contributed by atoms with Crippen molar-refractivity contribution in [3.63, 3.8) is 0 Å². The number of nitrogens with zero attached hydrogens (tertiary/aromatic N) is 5. The van der Waals surface area contributed by atoms with E-state index in [1.807, 2.05) is 0 Å². The molecule has 1 amide bonds. The summed E-state index contributed by atoms with van der Waals surface area (Å²) in [4.78, 5) is 38.0. The highest BCUT2D eigenvalue weighted by atomic mass is 16.6. The Bertz CT molecular complexity index is 1020. The van der Waals surface area contributed by atoms with Crippen molar-refractivity contribution >= 4 is 22.6 Å². The Morgan fingerprint density at radius 3 is 2.69 bits per heavy atom. The molecule has 0 spiro atoms. The molecule has 0 unspecified atom stereocenters. The third kappa shape index (κ3) is 3.58. The SMILES string of the molecule is CC(=O)NCCn1ncc2c(=O)n(Cc3ccc([N+](=O)[O-])cc3)cnc21. The van der Waals surface area contributed by atoms with Gasteiger partial charge in [0.1, 0.15) is 11.7 Å². The molecule has 0 atom stereocenters. The Morgan fingerprint density at radius 1 is 1.31 bits per heavy atom.